The van der Waals surface area contributed by atoms with E-state index in [2.05, 4.69) is 0 Å². The van der Waals surface area contributed by atoms with E-state index in [4.69, 9.17) is 23.5 Å². The van der Waals surface area contributed by atoms with E-state index in [1.165, 1.54) is 0 Å². The standard InChI is InChI=1S/C12H24O7Si/c1-4-17-20(18-5-2,19-6-3)9-7-8-10(11(13)14)12(15)16/h10H,4-9H2,1-3H3,(H,13,14)(H,15,16). The molecule has 20 heavy (non-hydrogen) atoms. The third kappa shape index (κ3) is 6.46. The molecule has 0 unspecified atom stereocenters. The highest BCUT2D eigenvalue weighted by Crippen LogP contribution is 2.21. The van der Waals surface area contributed by atoms with Crippen molar-refractivity contribution in [1.29, 1.82) is 0 Å². The zero-order valence-electron chi connectivity index (χ0n) is 12.3. The fraction of sp³-hybridized carbons (Fsp3) is 0.833. The van der Waals surface area contributed by atoms with Crippen molar-refractivity contribution in [3.05, 3.63) is 0 Å². The van der Waals surface area contributed by atoms with Crippen LogP contribution in [0.15, 0.2) is 0 Å². The Hall–Kier alpha value is -0.963. The van der Waals surface area contributed by atoms with Gasteiger partial charge in [-0.05, 0) is 33.6 Å². The molecule has 0 atom stereocenters. The largest absolute Gasteiger partial charge is 0.500 e. The summed E-state index contributed by atoms with van der Waals surface area (Å²) < 4.78 is 16.8. The van der Waals surface area contributed by atoms with Gasteiger partial charge in [-0.3, -0.25) is 9.59 Å². The van der Waals surface area contributed by atoms with Crippen LogP contribution in [-0.2, 0) is 22.9 Å². The van der Waals surface area contributed by atoms with Gasteiger partial charge in [-0.2, -0.15) is 0 Å². The van der Waals surface area contributed by atoms with Crippen LogP contribution in [0.2, 0.25) is 6.04 Å². The summed E-state index contributed by atoms with van der Waals surface area (Å²) in [7, 11) is -2.82. The maximum atomic E-state index is 10.8. The molecule has 0 aromatic carbocycles. The Bertz CT molecular complexity index is 277. The molecule has 0 saturated carbocycles. The normalized spacial score (nSPS) is 11.8. The van der Waals surface area contributed by atoms with Gasteiger partial charge < -0.3 is 23.5 Å². The van der Waals surface area contributed by atoms with Crippen molar-refractivity contribution in [3.8, 4) is 0 Å². The van der Waals surface area contributed by atoms with Crippen molar-refractivity contribution < 1.29 is 33.1 Å². The SMILES string of the molecule is CCO[Si](CCCC(C(=O)O)C(=O)O)(OCC)OCC. The van der Waals surface area contributed by atoms with Gasteiger partial charge in [0.15, 0.2) is 5.92 Å². The van der Waals surface area contributed by atoms with Gasteiger partial charge in [-0.1, -0.05) is 0 Å². The maximum Gasteiger partial charge on any atom is 0.500 e. The zero-order valence-corrected chi connectivity index (χ0v) is 13.3. The van der Waals surface area contributed by atoms with Crippen molar-refractivity contribution in [2.75, 3.05) is 19.8 Å². The summed E-state index contributed by atoms with van der Waals surface area (Å²) in [6, 6.07) is 0.416. The van der Waals surface area contributed by atoms with Gasteiger partial charge in [0.05, 0.1) is 0 Å². The van der Waals surface area contributed by atoms with Gasteiger partial charge in [-0.15, -0.1) is 0 Å². The predicted octanol–water partition coefficient (Wildman–Crippen LogP) is 1.60. The quantitative estimate of drug-likeness (QED) is 0.417. The average molecular weight is 308 g/mol. The van der Waals surface area contributed by atoms with Crippen molar-refractivity contribution in [3.63, 3.8) is 0 Å². The molecule has 0 amide bonds. The van der Waals surface area contributed by atoms with Crippen molar-refractivity contribution in [1.82, 2.24) is 0 Å². The molecule has 0 aliphatic heterocycles. The molecule has 8 heteroatoms. The van der Waals surface area contributed by atoms with Crippen LogP contribution in [0.5, 0.6) is 0 Å². The lowest BCUT2D eigenvalue weighted by Crippen LogP contribution is -2.46. The van der Waals surface area contributed by atoms with E-state index in [0.29, 0.717) is 32.3 Å². The summed E-state index contributed by atoms with van der Waals surface area (Å²) in [5.41, 5.74) is 0. The summed E-state index contributed by atoms with van der Waals surface area (Å²) in [6.07, 6.45) is 0.405. The highest BCUT2D eigenvalue weighted by molar-refractivity contribution is 6.60. The van der Waals surface area contributed by atoms with E-state index < -0.39 is 26.7 Å². The minimum absolute atomic E-state index is 0.0344. The first-order valence-electron chi connectivity index (χ1n) is 6.79. The van der Waals surface area contributed by atoms with Crippen molar-refractivity contribution in [2.45, 2.75) is 39.7 Å². The molecule has 118 valence electrons. The van der Waals surface area contributed by atoms with Crippen LogP contribution in [0.3, 0.4) is 0 Å². The maximum absolute atomic E-state index is 10.8. The number of aliphatic carboxylic acids is 2. The Balaban J connectivity index is 4.58. The van der Waals surface area contributed by atoms with E-state index in [1.54, 1.807) is 0 Å². The van der Waals surface area contributed by atoms with Crippen LogP contribution in [0.25, 0.3) is 0 Å². The summed E-state index contributed by atoms with van der Waals surface area (Å²) in [5, 5.41) is 17.6. The van der Waals surface area contributed by atoms with Crippen molar-refractivity contribution >= 4 is 20.7 Å². The lowest BCUT2D eigenvalue weighted by molar-refractivity contribution is -0.154. The third-order valence-electron chi connectivity index (χ3n) is 2.66. The molecule has 7 nitrogen and oxygen atoms in total. The smallest absolute Gasteiger partial charge is 0.481 e. The molecule has 0 heterocycles. The van der Waals surface area contributed by atoms with E-state index in [0.717, 1.165) is 0 Å². The van der Waals surface area contributed by atoms with Crippen LogP contribution >= 0.6 is 0 Å². The number of carboxylic acid groups (broad SMARTS) is 2. The molecule has 0 saturated heterocycles. The second-order valence-electron chi connectivity index (χ2n) is 4.10. The topological polar surface area (TPSA) is 102 Å². The van der Waals surface area contributed by atoms with Gasteiger partial charge in [0.25, 0.3) is 0 Å². The first-order valence-corrected chi connectivity index (χ1v) is 8.73. The van der Waals surface area contributed by atoms with Crippen LogP contribution in [0, 0.1) is 5.92 Å². The fourth-order valence-electron chi connectivity index (χ4n) is 1.88. The van der Waals surface area contributed by atoms with E-state index in [9.17, 15) is 9.59 Å². The average Bonchev–Trinajstić information content (AvgIpc) is 2.34. The van der Waals surface area contributed by atoms with Gasteiger partial charge in [0.1, 0.15) is 0 Å². The highest BCUT2D eigenvalue weighted by atomic mass is 28.4. The van der Waals surface area contributed by atoms with Gasteiger partial charge in [0.2, 0.25) is 0 Å². The number of hydrogen-bond donors (Lipinski definition) is 2. The van der Waals surface area contributed by atoms with Crippen LogP contribution in [-0.4, -0.2) is 50.8 Å². The Labute approximate surface area is 120 Å². The van der Waals surface area contributed by atoms with E-state index >= 15 is 0 Å². The second kappa shape index (κ2) is 9.86. The zero-order chi connectivity index (χ0) is 15.6. The van der Waals surface area contributed by atoms with Gasteiger partial charge in [-0.25, -0.2) is 0 Å². The first-order chi connectivity index (χ1) is 9.42. The molecule has 0 aliphatic rings. The number of hydrogen-bond acceptors (Lipinski definition) is 5. The van der Waals surface area contributed by atoms with Crippen LogP contribution < -0.4 is 0 Å². The lowest BCUT2D eigenvalue weighted by atomic mass is 10.1. The van der Waals surface area contributed by atoms with E-state index in [1.807, 2.05) is 20.8 Å². The van der Waals surface area contributed by atoms with Crippen LogP contribution in [0.4, 0.5) is 0 Å². The molecule has 0 fully saturated rings. The van der Waals surface area contributed by atoms with Gasteiger partial charge >= 0.3 is 20.7 Å². The van der Waals surface area contributed by atoms with Crippen LogP contribution in [0.1, 0.15) is 33.6 Å². The Kier molecular flexibility index (Phi) is 9.39. The first kappa shape index (κ1) is 19.0. The van der Waals surface area contributed by atoms with Crippen molar-refractivity contribution in [2.24, 2.45) is 5.92 Å². The minimum Gasteiger partial charge on any atom is -0.481 e. The monoisotopic (exact) mass is 308 g/mol. The second-order valence-corrected chi connectivity index (χ2v) is 6.84. The third-order valence-corrected chi connectivity index (χ3v) is 5.82. The lowest BCUT2D eigenvalue weighted by Gasteiger charge is -2.28. The van der Waals surface area contributed by atoms with E-state index in [-0.39, 0.29) is 6.42 Å². The Morgan fingerprint density at radius 1 is 0.950 bits per heavy atom. The molecule has 0 bridgehead atoms. The molecule has 0 aromatic rings. The molecule has 0 spiro atoms. The molecule has 0 aliphatic carbocycles. The Morgan fingerprint density at radius 2 is 1.35 bits per heavy atom. The molecular formula is C12H24O7Si. The predicted molar refractivity (Wildman–Crippen MR) is 73.4 cm³/mol. The molecular weight excluding hydrogens is 284 g/mol. The minimum atomic E-state index is -2.82. The summed E-state index contributed by atoms with van der Waals surface area (Å²) >= 11 is 0. The number of carboxylic acids is 2. The summed E-state index contributed by atoms with van der Waals surface area (Å²) in [5.74, 6) is -4.05. The molecule has 0 aromatic heterocycles. The Morgan fingerprint density at radius 3 is 1.65 bits per heavy atom. The molecule has 2 N–H and O–H groups in total. The summed E-state index contributed by atoms with van der Waals surface area (Å²) in [4.78, 5) is 21.6. The highest BCUT2D eigenvalue weighted by Gasteiger charge is 2.40. The molecule has 0 rings (SSSR count). The van der Waals surface area contributed by atoms with Gasteiger partial charge in [0, 0.05) is 25.9 Å². The number of carbonyl (C=O) groups is 2. The fourth-order valence-corrected chi connectivity index (χ4v) is 4.52. The molecule has 0 radical (unpaired) electrons. The number of rotatable bonds is 12. The summed E-state index contributed by atoms with van der Waals surface area (Å²) in [6.45, 7) is 6.81.